The Hall–Kier alpha value is -0.870. The smallest absolute Gasteiger partial charge is 0.235 e. The molecule has 0 aromatic rings. The first-order chi connectivity index (χ1) is 5.80. The topological polar surface area (TPSA) is 67.2 Å². The van der Waals surface area contributed by atoms with Gasteiger partial charge in [-0.15, -0.1) is 0 Å². The number of carbonyl (C=O) groups excluding carboxylic acids is 1. The van der Waals surface area contributed by atoms with Gasteiger partial charge in [-0.2, -0.15) is 0 Å². The molecule has 0 saturated carbocycles. The minimum Gasteiger partial charge on any atom is -0.368 e. The van der Waals surface area contributed by atoms with Crippen LogP contribution in [0.25, 0.3) is 0 Å². The molecule has 68 valence electrons. The summed E-state index contributed by atoms with van der Waals surface area (Å²) in [4.78, 5) is 10.8. The molecule has 0 aromatic heterocycles. The zero-order valence-corrected chi connectivity index (χ0v) is 7.05. The molecule has 1 atom stereocenters. The van der Waals surface area contributed by atoms with Crippen molar-refractivity contribution in [3.63, 3.8) is 0 Å². The van der Waals surface area contributed by atoms with Crippen molar-refractivity contribution in [2.24, 2.45) is 5.73 Å². The first kappa shape index (κ1) is 9.22. The maximum Gasteiger partial charge on any atom is 0.235 e. The highest BCUT2D eigenvalue weighted by atomic mass is 16.1. The van der Waals surface area contributed by atoms with Crippen molar-refractivity contribution in [2.45, 2.75) is 25.3 Å². The van der Waals surface area contributed by atoms with Crippen LogP contribution in [0.5, 0.6) is 0 Å². The Balaban J connectivity index is 2.39. The minimum absolute atomic E-state index is 0.232. The molecule has 1 rings (SSSR count). The largest absolute Gasteiger partial charge is 0.368 e. The van der Waals surface area contributed by atoms with Crippen molar-refractivity contribution in [2.75, 3.05) is 6.54 Å². The quantitative estimate of drug-likeness (QED) is 0.471. The second-order valence-corrected chi connectivity index (χ2v) is 2.88. The molecule has 12 heavy (non-hydrogen) atoms. The van der Waals surface area contributed by atoms with Crippen LogP contribution in [0.15, 0.2) is 12.2 Å². The number of hydrazine groups is 1. The van der Waals surface area contributed by atoms with E-state index in [1.807, 2.05) is 6.08 Å². The number of amides is 1. The Morgan fingerprint density at radius 3 is 3.08 bits per heavy atom. The van der Waals surface area contributed by atoms with Crippen LogP contribution in [0.1, 0.15) is 19.3 Å². The van der Waals surface area contributed by atoms with E-state index in [-0.39, 0.29) is 11.9 Å². The predicted octanol–water partition coefficient (Wildman–Crippen LogP) is -0.325. The number of allylic oxidation sites excluding steroid dienone is 1. The van der Waals surface area contributed by atoms with Gasteiger partial charge in [0.25, 0.3) is 0 Å². The molecular formula is C8H15N3O. The van der Waals surface area contributed by atoms with Crippen molar-refractivity contribution >= 4 is 5.91 Å². The summed E-state index contributed by atoms with van der Waals surface area (Å²) in [5, 5.41) is 0. The molecule has 0 saturated heterocycles. The number of hydrogen-bond acceptors (Lipinski definition) is 3. The summed E-state index contributed by atoms with van der Waals surface area (Å²) in [5.74, 6) is -0.288. The second kappa shape index (κ2) is 4.90. The van der Waals surface area contributed by atoms with E-state index in [2.05, 4.69) is 16.9 Å². The summed E-state index contributed by atoms with van der Waals surface area (Å²) in [6, 6.07) is -0.232. The normalized spacial score (nSPS) is 28.2. The fourth-order valence-electron chi connectivity index (χ4n) is 1.17. The van der Waals surface area contributed by atoms with Gasteiger partial charge in [0, 0.05) is 6.54 Å². The molecule has 4 heteroatoms. The number of rotatable bonds is 1. The van der Waals surface area contributed by atoms with E-state index >= 15 is 0 Å². The van der Waals surface area contributed by atoms with Gasteiger partial charge in [0.15, 0.2) is 0 Å². The Kier molecular flexibility index (Phi) is 3.76. The summed E-state index contributed by atoms with van der Waals surface area (Å²) in [7, 11) is 0. The van der Waals surface area contributed by atoms with E-state index in [4.69, 9.17) is 5.73 Å². The van der Waals surface area contributed by atoms with E-state index in [1.54, 1.807) is 0 Å². The van der Waals surface area contributed by atoms with Gasteiger partial charge in [-0.1, -0.05) is 12.2 Å². The Morgan fingerprint density at radius 2 is 2.33 bits per heavy atom. The molecule has 0 radical (unpaired) electrons. The lowest BCUT2D eigenvalue weighted by molar-refractivity contribution is -0.120. The molecular weight excluding hydrogens is 154 g/mol. The van der Waals surface area contributed by atoms with Crippen molar-refractivity contribution in [3.05, 3.63) is 12.2 Å². The molecule has 0 spiro atoms. The number of carbonyl (C=O) groups is 1. The molecule has 0 bridgehead atoms. The summed E-state index contributed by atoms with van der Waals surface area (Å²) in [6.07, 6.45) is 6.97. The molecule has 4 nitrogen and oxygen atoms in total. The fraction of sp³-hybridized carbons (Fsp3) is 0.625. The molecule has 1 aliphatic heterocycles. The highest BCUT2D eigenvalue weighted by Gasteiger charge is 2.13. The van der Waals surface area contributed by atoms with Crippen LogP contribution in [0.4, 0.5) is 0 Å². The van der Waals surface area contributed by atoms with Gasteiger partial charge in [-0.05, 0) is 19.3 Å². The van der Waals surface area contributed by atoms with Crippen LogP contribution in [-0.4, -0.2) is 18.5 Å². The lowest BCUT2D eigenvalue weighted by Crippen LogP contribution is -2.48. The second-order valence-electron chi connectivity index (χ2n) is 2.88. The third kappa shape index (κ3) is 3.02. The van der Waals surface area contributed by atoms with E-state index < -0.39 is 0 Å². The molecule has 0 aromatic carbocycles. The first-order valence-electron chi connectivity index (χ1n) is 4.23. The maximum absolute atomic E-state index is 10.8. The van der Waals surface area contributed by atoms with Gasteiger partial charge < -0.3 is 5.73 Å². The Labute approximate surface area is 72.2 Å². The molecule has 1 heterocycles. The van der Waals surface area contributed by atoms with Crippen molar-refractivity contribution < 1.29 is 4.79 Å². The first-order valence-corrected chi connectivity index (χ1v) is 4.23. The van der Waals surface area contributed by atoms with Gasteiger partial charge >= 0.3 is 0 Å². The SMILES string of the molecule is NC(=O)C1CCC/C=C\CNN1. The molecule has 1 unspecified atom stereocenters. The van der Waals surface area contributed by atoms with Crippen LogP contribution < -0.4 is 16.6 Å². The molecule has 0 fully saturated rings. The maximum atomic E-state index is 10.8. The van der Waals surface area contributed by atoms with Crippen LogP contribution in [0.3, 0.4) is 0 Å². The van der Waals surface area contributed by atoms with Crippen LogP contribution in [-0.2, 0) is 4.79 Å². The third-order valence-corrected chi connectivity index (χ3v) is 1.87. The minimum atomic E-state index is -0.288. The molecule has 4 N–H and O–H groups in total. The van der Waals surface area contributed by atoms with Gasteiger partial charge in [-0.3, -0.25) is 10.2 Å². The molecule has 1 aliphatic rings. The zero-order chi connectivity index (χ0) is 8.81. The highest BCUT2D eigenvalue weighted by molar-refractivity contribution is 5.79. The van der Waals surface area contributed by atoms with Crippen molar-refractivity contribution in [3.8, 4) is 0 Å². The van der Waals surface area contributed by atoms with Crippen molar-refractivity contribution in [1.82, 2.24) is 10.9 Å². The predicted molar refractivity (Wildman–Crippen MR) is 47.1 cm³/mol. The summed E-state index contributed by atoms with van der Waals surface area (Å²) < 4.78 is 0. The highest BCUT2D eigenvalue weighted by Crippen LogP contribution is 2.02. The van der Waals surface area contributed by atoms with E-state index in [1.165, 1.54) is 0 Å². The average molecular weight is 169 g/mol. The van der Waals surface area contributed by atoms with Crippen LogP contribution >= 0.6 is 0 Å². The summed E-state index contributed by atoms with van der Waals surface area (Å²) in [5.41, 5.74) is 11.0. The van der Waals surface area contributed by atoms with Gasteiger partial charge in [-0.25, -0.2) is 5.43 Å². The standard InChI is InChI=1S/C8H15N3O/c9-8(12)7-5-3-1-2-4-6-10-11-7/h2,4,7,10-11H,1,3,5-6H2,(H2,9,12)/b4-2-. The summed E-state index contributed by atoms with van der Waals surface area (Å²) in [6.45, 7) is 0.740. The van der Waals surface area contributed by atoms with E-state index in [0.29, 0.717) is 0 Å². The zero-order valence-electron chi connectivity index (χ0n) is 7.05. The molecule has 1 amide bonds. The third-order valence-electron chi connectivity index (χ3n) is 1.87. The summed E-state index contributed by atoms with van der Waals surface area (Å²) >= 11 is 0. The van der Waals surface area contributed by atoms with Crippen LogP contribution in [0.2, 0.25) is 0 Å². The average Bonchev–Trinajstić information content (AvgIpc) is 2.15. The monoisotopic (exact) mass is 169 g/mol. The Bertz CT molecular complexity index is 167. The number of hydrogen-bond donors (Lipinski definition) is 3. The van der Waals surface area contributed by atoms with Crippen molar-refractivity contribution in [1.29, 1.82) is 0 Å². The van der Waals surface area contributed by atoms with Crippen LogP contribution in [0, 0.1) is 0 Å². The lowest BCUT2D eigenvalue weighted by Gasteiger charge is -2.13. The number of nitrogens with two attached hydrogens (primary N) is 1. The Morgan fingerprint density at radius 1 is 1.50 bits per heavy atom. The lowest BCUT2D eigenvalue weighted by atomic mass is 10.1. The van der Waals surface area contributed by atoms with Gasteiger partial charge in [0.2, 0.25) is 5.91 Å². The van der Waals surface area contributed by atoms with Gasteiger partial charge in [0.1, 0.15) is 0 Å². The van der Waals surface area contributed by atoms with Gasteiger partial charge in [0.05, 0.1) is 6.04 Å². The number of primary amides is 1. The van der Waals surface area contributed by atoms with E-state index in [0.717, 1.165) is 25.8 Å². The number of nitrogens with one attached hydrogen (secondary N) is 2. The fourth-order valence-corrected chi connectivity index (χ4v) is 1.17. The van der Waals surface area contributed by atoms with E-state index in [9.17, 15) is 4.79 Å². The molecule has 0 aliphatic carbocycles.